The predicted molar refractivity (Wildman–Crippen MR) is 72.6 cm³/mol. The summed E-state index contributed by atoms with van der Waals surface area (Å²) in [5, 5.41) is 10.8. The minimum absolute atomic E-state index is 0.360. The number of aromatic carboxylic acids is 1. The standard InChI is InChI=1S/C14H14O3S/c1-3-9-6-10(4-5-12(9)17-2)11-7-13(14(15)16)18-8-11/h4-8H,3H2,1-2H3,(H,15,16). The van der Waals surface area contributed by atoms with E-state index in [1.54, 1.807) is 13.2 Å². The van der Waals surface area contributed by atoms with Crippen molar-refractivity contribution in [3.05, 3.63) is 40.1 Å². The zero-order valence-corrected chi connectivity index (χ0v) is 11.1. The molecule has 1 heterocycles. The highest BCUT2D eigenvalue weighted by Gasteiger charge is 2.09. The maximum atomic E-state index is 10.9. The van der Waals surface area contributed by atoms with Crippen molar-refractivity contribution >= 4 is 17.3 Å². The Morgan fingerprint density at radius 3 is 2.67 bits per heavy atom. The van der Waals surface area contributed by atoms with Gasteiger partial charge in [0.25, 0.3) is 0 Å². The highest BCUT2D eigenvalue weighted by atomic mass is 32.1. The van der Waals surface area contributed by atoms with Crippen LogP contribution in [0.2, 0.25) is 0 Å². The molecule has 0 spiro atoms. The van der Waals surface area contributed by atoms with E-state index in [-0.39, 0.29) is 0 Å². The second kappa shape index (κ2) is 5.23. The largest absolute Gasteiger partial charge is 0.496 e. The van der Waals surface area contributed by atoms with Crippen LogP contribution in [-0.4, -0.2) is 18.2 Å². The van der Waals surface area contributed by atoms with Crippen LogP contribution in [0, 0.1) is 0 Å². The fraction of sp³-hybridized carbons (Fsp3) is 0.214. The maximum Gasteiger partial charge on any atom is 0.345 e. The van der Waals surface area contributed by atoms with E-state index in [1.807, 2.05) is 23.6 Å². The van der Waals surface area contributed by atoms with Crippen LogP contribution in [0.25, 0.3) is 11.1 Å². The summed E-state index contributed by atoms with van der Waals surface area (Å²) in [7, 11) is 1.65. The molecule has 2 aromatic rings. The van der Waals surface area contributed by atoms with Crippen LogP contribution in [-0.2, 0) is 6.42 Å². The third-order valence-electron chi connectivity index (χ3n) is 2.80. The smallest absolute Gasteiger partial charge is 0.345 e. The lowest BCUT2D eigenvalue weighted by Gasteiger charge is -2.08. The topological polar surface area (TPSA) is 46.5 Å². The van der Waals surface area contributed by atoms with E-state index >= 15 is 0 Å². The van der Waals surface area contributed by atoms with E-state index in [1.165, 1.54) is 11.3 Å². The van der Waals surface area contributed by atoms with Gasteiger partial charge < -0.3 is 9.84 Å². The first-order valence-corrected chi connectivity index (χ1v) is 6.52. The van der Waals surface area contributed by atoms with Gasteiger partial charge in [-0.3, -0.25) is 0 Å². The molecule has 1 N–H and O–H groups in total. The van der Waals surface area contributed by atoms with Gasteiger partial charge in [-0.15, -0.1) is 11.3 Å². The molecule has 0 atom stereocenters. The highest BCUT2D eigenvalue weighted by Crippen LogP contribution is 2.30. The molecule has 3 nitrogen and oxygen atoms in total. The molecule has 4 heteroatoms. The molecule has 0 aliphatic heterocycles. The summed E-state index contributed by atoms with van der Waals surface area (Å²) in [4.78, 5) is 11.2. The van der Waals surface area contributed by atoms with Crippen LogP contribution in [0.5, 0.6) is 5.75 Å². The lowest BCUT2D eigenvalue weighted by atomic mass is 10.0. The van der Waals surface area contributed by atoms with Crippen molar-refractivity contribution in [1.29, 1.82) is 0 Å². The van der Waals surface area contributed by atoms with Gasteiger partial charge in [0, 0.05) is 0 Å². The molecule has 0 amide bonds. The van der Waals surface area contributed by atoms with Crippen molar-refractivity contribution in [3.63, 3.8) is 0 Å². The average molecular weight is 262 g/mol. The quantitative estimate of drug-likeness (QED) is 0.914. The third-order valence-corrected chi connectivity index (χ3v) is 3.72. The Hall–Kier alpha value is -1.81. The number of carboxylic acid groups (broad SMARTS) is 1. The molecule has 18 heavy (non-hydrogen) atoms. The summed E-state index contributed by atoms with van der Waals surface area (Å²) in [6.45, 7) is 2.07. The monoisotopic (exact) mass is 262 g/mol. The predicted octanol–water partition coefficient (Wildman–Crippen LogP) is 3.68. The molecule has 1 aromatic carbocycles. The van der Waals surface area contributed by atoms with E-state index in [0.717, 1.165) is 28.9 Å². The lowest BCUT2D eigenvalue weighted by Crippen LogP contribution is -1.91. The van der Waals surface area contributed by atoms with Gasteiger partial charge in [-0.25, -0.2) is 4.79 Å². The molecule has 0 bridgehead atoms. The summed E-state index contributed by atoms with van der Waals surface area (Å²) in [6.07, 6.45) is 0.882. The van der Waals surface area contributed by atoms with Crippen molar-refractivity contribution in [3.8, 4) is 16.9 Å². The van der Waals surface area contributed by atoms with E-state index in [4.69, 9.17) is 9.84 Å². The van der Waals surface area contributed by atoms with Gasteiger partial charge in [0.1, 0.15) is 10.6 Å². The van der Waals surface area contributed by atoms with E-state index in [9.17, 15) is 4.79 Å². The van der Waals surface area contributed by atoms with Gasteiger partial charge >= 0.3 is 5.97 Å². The Bertz CT molecular complexity index is 572. The number of rotatable bonds is 4. The second-order valence-corrected chi connectivity index (χ2v) is 4.80. The number of methoxy groups -OCH3 is 1. The van der Waals surface area contributed by atoms with Crippen molar-refractivity contribution < 1.29 is 14.6 Å². The fourth-order valence-corrected chi connectivity index (χ4v) is 2.59. The number of thiophene rings is 1. The van der Waals surface area contributed by atoms with Crippen LogP contribution in [0.4, 0.5) is 0 Å². The molecule has 0 aliphatic carbocycles. The van der Waals surface area contributed by atoms with E-state index < -0.39 is 5.97 Å². The summed E-state index contributed by atoms with van der Waals surface area (Å²) in [5.74, 6) is -0.00888. The fourth-order valence-electron chi connectivity index (χ4n) is 1.83. The Morgan fingerprint density at radius 1 is 1.33 bits per heavy atom. The minimum Gasteiger partial charge on any atom is -0.496 e. The number of hydrogen-bond acceptors (Lipinski definition) is 3. The molecule has 0 aliphatic rings. The molecule has 0 fully saturated rings. The summed E-state index contributed by atoms with van der Waals surface area (Å²) >= 11 is 1.25. The second-order valence-electron chi connectivity index (χ2n) is 3.88. The molecule has 1 aromatic heterocycles. The minimum atomic E-state index is -0.879. The van der Waals surface area contributed by atoms with Gasteiger partial charge in [-0.1, -0.05) is 13.0 Å². The number of benzene rings is 1. The van der Waals surface area contributed by atoms with Crippen molar-refractivity contribution in [2.45, 2.75) is 13.3 Å². The summed E-state index contributed by atoms with van der Waals surface area (Å²) < 4.78 is 5.28. The molecule has 0 saturated heterocycles. The Morgan fingerprint density at radius 2 is 2.11 bits per heavy atom. The molecule has 0 unspecified atom stereocenters. The molecule has 0 radical (unpaired) electrons. The van der Waals surface area contributed by atoms with E-state index in [0.29, 0.717) is 4.88 Å². The van der Waals surface area contributed by atoms with Crippen LogP contribution in [0.1, 0.15) is 22.2 Å². The SMILES string of the molecule is CCc1cc(-c2csc(C(=O)O)c2)ccc1OC. The first-order valence-electron chi connectivity index (χ1n) is 5.64. The molecule has 0 saturated carbocycles. The number of carboxylic acids is 1. The van der Waals surface area contributed by atoms with Gasteiger partial charge in [0.2, 0.25) is 0 Å². The molecular formula is C14H14O3S. The summed E-state index contributed by atoms with van der Waals surface area (Å²) in [6, 6.07) is 7.62. The normalized spacial score (nSPS) is 10.3. The zero-order chi connectivity index (χ0) is 13.1. The van der Waals surface area contributed by atoms with Crippen LogP contribution < -0.4 is 4.74 Å². The maximum absolute atomic E-state index is 10.9. The number of ether oxygens (including phenoxy) is 1. The number of hydrogen-bond donors (Lipinski definition) is 1. The first-order chi connectivity index (χ1) is 8.65. The highest BCUT2D eigenvalue weighted by molar-refractivity contribution is 7.12. The Labute approximate surface area is 110 Å². The van der Waals surface area contributed by atoms with Crippen molar-refractivity contribution in [1.82, 2.24) is 0 Å². The zero-order valence-electron chi connectivity index (χ0n) is 10.3. The number of aryl methyl sites for hydroxylation is 1. The molecular weight excluding hydrogens is 248 g/mol. The van der Waals surface area contributed by atoms with Gasteiger partial charge in [-0.2, -0.15) is 0 Å². The lowest BCUT2D eigenvalue weighted by molar-refractivity contribution is 0.0702. The first kappa shape index (κ1) is 12.6. The Balaban J connectivity index is 2.41. The van der Waals surface area contributed by atoms with Crippen LogP contribution in [0.3, 0.4) is 0 Å². The number of carbonyl (C=O) groups is 1. The van der Waals surface area contributed by atoms with E-state index in [2.05, 4.69) is 6.92 Å². The summed E-state index contributed by atoms with van der Waals surface area (Å²) in [5.41, 5.74) is 3.09. The van der Waals surface area contributed by atoms with Gasteiger partial charge in [0.15, 0.2) is 0 Å². The molecule has 2 rings (SSSR count). The Kier molecular flexibility index (Phi) is 3.67. The van der Waals surface area contributed by atoms with Crippen LogP contribution >= 0.6 is 11.3 Å². The van der Waals surface area contributed by atoms with Crippen molar-refractivity contribution in [2.24, 2.45) is 0 Å². The van der Waals surface area contributed by atoms with Crippen molar-refractivity contribution in [2.75, 3.05) is 7.11 Å². The van der Waals surface area contributed by atoms with Crippen LogP contribution in [0.15, 0.2) is 29.6 Å². The van der Waals surface area contributed by atoms with Gasteiger partial charge in [-0.05, 0) is 46.7 Å². The van der Waals surface area contributed by atoms with Gasteiger partial charge in [0.05, 0.1) is 7.11 Å². The average Bonchev–Trinajstić information content (AvgIpc) is 2.87. The third kappa shape index (κ3) is 2.38. The molecule has 94 valence electrons.